The molecule has 1 amide bonds. The van der Waals surface area contributed by atoms with Crippen LogP contribution in [-0.2, 0) is 4.79 Å². The summed E-state index contributed by atoms with van der Waals surface area (Å²) in [6, 6.07) is 12.5. The molecule has 2 rings (SSSR count). The second-order valence-corrected chi connectivity index (χ2v) is 7.72. The fourth-order valence-corrected chi connectivity index (χ4v) is 3.78. The molecule has 23 heavy (non-hydrogen) atoms. The van der Waals surface area contributed by atoms with E-state index < -0.39 is 0 Å². The van der Waals surface area contributed by atoms with E-state index >= 15 is 0 Å². The van der Waals surface area contributed by atoms with Crippen LogP contribution >= 0.6 is 46.6 Å². The van der Waals surface area contributed by atoms with Crippen molar-refractivity contribution in [3.8, 4) is 0 Å². The van der Waals surface area contributed by atoms with E-state index in [9.17, 15) is 4.79 Å². The molecule has 0 aliphatic heterocycles. The minimum atomic E-state index is -0.275. The number of hydrogen-bond donors (Lipinski definition) is 1. The number of halogens is 3. The molecule has 6 heteroatoms. The predicted molar refractivity (Wildman–Crippen MR) is 99.8 cm³/mol. The van der Waals surface area contributed by atoms with E-state index in [2.05, 4.69) is 5.32 Å². The first-order valence-corrected chi connectivity index (χ1v) is 9.06. The first-order valence-electron chi connectivity index (χ1n) is 7.05. The minimum absolute atomic E-state index is 0.0755. The highest BCUT2D eigenvalue weighted by molar-refractivity contribution is 8.00. The molecule has 122 valence electrons. The monoisotopic (exact) mass is 387 g/mol. The van der Waals surface area contributed by atoms with Crippen LogP contribution in [0.4, 0.5) is 0 Å². The third-order valence-corrected chi connectivity index (χ3v) is 5.48. The lowest BCUT2D eigenvalue weighted by Gasteiger charge is -2.19. The van der Waals surface area contributed by atoms with E-state index in [0.29, 0.717) is 15.1 Å². The maximum atomic E-state index is 12.4. The lowest BCUT2D eigenvalue weighted by Crippen LogP contribution is -2.33. The topological polar surface area (TPSA) is 29.1 Å². The highest BCUT2D eigenvalue weighted by atomic mass is 35.5. The molecule has 2 atom stereocenters. The lowest BCUT2D eigenvalue weighted by atomic mass is 10.1. The van der Waals surface area contributed by atoms with Gasteiger partial charge in [-0.15, -0.1) is 11.8 Å². The fraction of sp³-hybridized carbons (Fsp3) is 0.235. The third-order valence-electron chi connectivity index (χ3n) is 3.30. The van der Waals surface area contributed by atoms with Crippen LogP contribution in [0, 0.1) is 0 Å². The first-order chi connectivity index (χ1) is 10.9. The molecule has 0 fully saturated rings. The van der Waals surface area contributed by atoms with Crippen LogP contribution in [0.1, 0.15) is 25.5 Å². The normalized spacial score (nSPS) is 13.4. The number of carbonyl (C=O) groups excluding carboxylic acids is 1. The van der Waals surface area contributed by atoms with Gasteiger partial charge in [-0.05, 0) is 43.7 Å². The minimum Gasteiger partial charge on any atom is -0.349 e. The summed E-state index contributed by atoms with van der Waals surface area (Å²) >= 11 is 19.6. The quantitative estimate of drug-likeness (QED) is 0.636. The zero-order valence-electron chi connectivity index (χ0n) is 12.6. The number of thioether (sulfide) groups is 1. The lowest BCUT2D eigenvalue weighted by molar-refractivity contribution is -0.120. The molecule has 0 radical (unpaired) electrons. The second kappa shape index (κ2) is 8.29. The summed E-state index contributed by atoms with van der Waals surface area (Å²) in [6.45, 7) is 3.74. The van der Waals surface area contributed by atoms with Crippen LogP contribution in [0.2, 0.25) is 15.1 Å². The molecule has 0 aliphatic rings. The molecule has 0 aliphatic carbocycles. The van der Waals surface area contributed by atoms with Gasteiger partial charge in [-0.1, -0.05) is 53.0 Å². The van der Waals surface area contributed by atoms with Gasteiger partial charge in [0, 0.05) is 14.9 Å². The molecule has 0 saturated carbocycles. The summed E-state index contributed by atoms with van der Waals surface area (Å²) in [6.07, 6.45) is 0. The van der Waals surface area contributed by atoms with Crippen LogP contribution in [0.5, 0.6) is 0 Å². The maximum absolute atomic E-state index is 12.4. The Labute approximate surface area is 155 Å². The predicted octanol–water partition coefficient (Wildman–Crippen LogP) is 6.00. The highest BCUT2D eigenvalue weighted by Gasteiger charge is 2.19. The van der Waals surface area contributed by atoms with Gasteiger partial charge in [0.25, 0.3) is 0 Å². The van der Waals surface area contributed by atoms with Crippen molar-refractivity contribution in [2.75, 3.05) is 0 Å². The van der Waals surface area contributed by atoms with E-state index in [0.717, 1.165) is 10.5 Å². The summed E-state index contributed by atoms with van der Waals surface area (Å²) in [7, 11) is 0. The van der Waals surface area contributed by atoms with Crippen LogP contribution in [0.25, 0.3) is 0 Å². The van der Waals surface area contributed by atoms with Crippen molar-refractivity contribution in [2.45, 2.75) is 30.0 Å². The molecule has 0 heterocycles. The van der Waals surface area contributed by atoms with Crippen LogP contribution in [0.15, 0.2) is 47.4 Å². The Kier molecular flexibility index (Phi) is 6.66. The van der Waals surface area contributed by atoms with Gasteiger partial charge in [-0.2, -0.15) is 0 Å². The number of hydrogen-bond acceptors (Lipinski definition) is 2. The molecule has 0 saturated heterocycles. The maximum Gasteiger partial charge on any atom is 0.233 e. The van der Waals surface area contributed by atoms with Crippen molar-refractivity contribution in [1.29, 1.82) is 0 Å². The van der Waals surface area contributed by atoms with Crippen LogP contribution in [0.3, 0.4) is 0 Å². The van der Waals surface area contributed by atoms with Crippen molar-refractivity contribution in [3.05, 3.63) is 63.1 Å². The van der Waals surface area contributed by atoms with E-state index in [-0.39, 0.29) is 17.2 Å². The van der Waals surface area contributed by atoms with Crippen molar-refractivity contribution >= 4 is 52.5 Å². The number of carbonyl (C=O) groups is 1. The highest BCUT2D eigenvalue weighted by Crippen LogP contribution is 2.31. The van der Waals surface area contributed by atoms with Crippen molar-refractivity contribution in [2.24, 2.45) is 0 Å². The fourth-order valence-electron chi connectivity index (χ4n) is 2.05. The van der Waals surface area contributed by atoms with Gasteiger partial charge in [0.15, 0.2) is 0 Å². The summed E-state index contributed by atoms with van der Waals surface area (Å²) in [5.41, 5.74) is 0.833. The molecule has 2 aromatic carbocycles. The second-order valence-electron chi connectivity index (χ2n) is 5.09. The Morgan fingerprint density at radius 3 is 2.39 bits per heavy atom. The molecule has 1 N–H and O–H groups in total. The largest absolute Gasteiger partial charge is 0.349 e. The van der Waals surface area contributed by atoms with E-state index in [4.69, 9.17) is 34.8 Å². The first kappa shape index (κ1) is 18.5. The Bertz CT molecular complexity index is 708. The Balaban J connectivity index is 2.01. The average molecular weight is 389 g/mol. The van der Waals surface area contributed by atoms with Gasteiger partial charge in [-0.25, -0.2) is 0 Å². The van der Waals surface area contributed by atoms with E-state index in [1.807, 2.05) is 44.2 Å². The van der Waals surface area contributed by atoms with Crippen molar-refractivity contribution in [1.82, 2.24) is 5.32 Å². The number of nitrogens with one attached hydrogen (secondary N) is 1. The smallest absolute Gasteiger partial charge is 0.233 e. The molecule has 2 nitrogen and oxygen atoms in total. The zero-order chi connectivity index (χ0) is 17.0. The van der Waals surface area contributed by atoms with Gasteiger partial charge < -0.3 is 5.32 Å². The van der Waals surface area contributed by atoms with Gasteiger partial charge in [0.05, 0.1) is 16.3 Å². The third kappa shape index (κ3) is 5.05. The van der Waals surface area contributed by atoms with Gasteiger partial charge in [-0.3, -0.25) is 4.79 Å². The zero-order valence-corrected chi connectivity index (χ0v) is 15.7. The van der Waals surface area contributed by atoms with Crippen LogP contribution < -0.4 is 5.32 Å². The summed E-state index contributed by atoms with van der Waals surface area (Å²) in [5.74, 6) is -0.0755. The number of rotatable bonds is 5. The Morgan fingerprint density at radius 2 is 1.74 bits per heavy atom. The standard InChI is InChI=1S/C17H16Cl3NOS/c1-10(13-8-7-12(18)9-15(13)20)21-17(22)11(2)23-16-6-4-3-5-14(16)19/h3-11H,1-2H3,(H,21,22). The Morgan fingerprint density at radius 1 is 1.04 bits per heavy atom. The summed E-state index contributed by atoms with van der Waals surface area (Å²) in [5, 5.41) is 4.44. The molecular weight excluding hydrogens is 373 g/mol. The molecule has 0 bridgehead atoms. The molecule has 2 aromatic rings. The van der Waals surface area contributed by atoms with Gasteiger partial charge >= 0.3 is 0 Å². The molecular formula is C17H16Cl3NOS. The van der Waals surface area contributed by atoms with E-state index in [1.54, 1.807) is 12.1 Å². The van der Waals surface area contributed by atoms with E-state index in [1.165, 1.54) is 11.8 Å². The van der Waals surface area contributed by atoms with Gasteiger partial charge in [0.1, 0.15) is 0 Å². The van der Waals surface area contributed by atoms with Crippen molar-refractivity contribution in [3.63, 3.8) is 0 Å². The number of benzene rings is 2. The van der Waals surface area contributed by atoms with Crippen molar-refractivity contribution < 1.29 is 4.79 Å². The SMILES string of the molecule is CC(Sc1ccccc1Cl)C(=O)NC(C)c1ccc(Cl)cc1Cl. The molecule has 2 unspecified atom stereocenters. The van der Waals surface area contributed by atoms with Gasteiger partial charge in [0.2, 0.25) is 5.91 Å². The van der Waals surface area contributed by atoms with Crippen LogP contribution in [-0.4, -0.2) is 11.2 Å². The summed E-state index contributed by atoms with van der Waals surface area (Å²) < 4.78 is 0. The molecule has 0 aromatic heterocycles. The number of amides is 1. The Hall–Kier alpha value is -0.870. The molecule has 0 spiro atoms. The average Bonchev–Trinajstić information content (AvgIpc) is 2.49. The summed E-state index contributed by atoms with van der Waals surface area (Å²) in [4.78, 5) is 13.3.